The summed E-state index contributed by atoms with van der Waals surface area (Å²) in [5, 5.41) is 0. The average Bonchev–Trinajstić information content (AvgIpc) is 2.38. The summed E-state index contributed by atoms with van der Waals surface area (Å²) in [6.45, 7) is 8.84. The molecule has 0 N–H and O–H groups in total. The first-order chi connectivity index (χ1) is 8.50. The molecule has 0 saturated carbocycles. The Kier molecular flexibility index (Phi) is 3.51. The predicted octanol–water partition coefficient (Wildman–Crippen LogP) is 4.61. The Balaban J connectivity index is 2.34. The zero-order valence-electron chi connectivity index (χ0n) is 11.7. The molecule has 1 aromatic heterocycles. The second-order valence-corrected chi connectivity index (χ2v) is 5.70. The van der Waals surface area contributed by atoms with E-state index in [1.807, 2.05) is 0 Å². The summed E-state index contributed by atoms with van der Waals surface area (Å²) >= 11 is 0. The third-order valence-electron chi connectivity index (χ3n) is 3.22. The van der Waals surface area contributed by atoms with Gasteiger partial charge in [-0.1, -0.05) is 58.0 Å². The van der Waals surface area contributed by atoms with Crippen molar-refractivity contribution in [1.29, 1.82) is 0 Å². The van der Waals surface area contributed by atoms with Crippen LogP contribution in [0.2, 0.25) is 0 Å². The number of rotatable bonds is 2. The molecule has 1 heteroatoms. The fourth-order valence-electron chi connectivity index (χ4n) is 1.98. The van der Waals surface area contributed by atoms with E-state index in [9.17, 15) is 0 Å². The Morgan fingerprint density at radius 2 is 1.61 bits per heavy atom. The van der Waals surface area contributed by atoms with Crippen LogP contribution in [0.15, 0.2) is 42.5 Å². The maximum absolute atomic E-state index is 4.65. The molecule has 18 heavy (non-hydrogen) atoms. The maximum Gasteiger partial charge on any atom is 0.0705 e. The third kappa shape index (κ3) is 2.79. The minimum Gasteiger partial charge on any atom is -0.253 e. The Morgan fingerprint density at radius 3 is 2.17 bits per heavy atom. The van der Waals surface area contributed by atoms with Gasteiger partial charge in [-0.05, 0) is 29.5 Å². The molecule has 0 unspecified atom stereocenters. The summed E-state index contributed by atoms with van der Waals surface area (Å²) in [5.74, 6) is 0. The molecular formula is C17H21N. The highest BCUT2D eigenvalue weighted by Crippen LogP contribution is 2.25. The summed E-state index contributed by atoms with van der Waals surface area (Å²) in [6, 6.07) is 15.0. The van der Waals surface area contributed by atoms with Gasteiger partial charge in [0.1, 0.15) is 0 Å². The van der Waals surface area contributed by atoms with Crippen LogP contribution in [0.5, 0.6) is 0 Å². The molecule has 0 fully saturated rings. The van der Waals surface area contributed by atoms with Gasteiger partial charge in [0.15, 0.2) is 0 Å². The molecule has 0 atom stereocenters. The van der Waals surface area contributed by atoms with E-state index in [0.717, 1.165) is 17.8 Å². The number of aromatic nitrogens is 1. The largest absolute Gasteiger partial charge is 0.253 e. The van der Waals surface area contributed by atoms with Gasteiger partial charge in [0.2, 0.25) is 0 Å². The molecule has 1 nitrogen and oxygen atoms in total. The van der Waals surface area contributed by atoms with Crippen molar-refractivity contribution in [3.8, 4) is 11.3 Å². The van der Waals surface area contributed by atoms with Gasteiger partial charge in [0.25, 0.3) is 0 Å². The molecule has 2 rings (SSSR count). The highest BCUT2D eigenvalue weighted by molar-refractivity contribution is 5.59. The lowest BCUT2D eigenvalue weighted by Gasteiger charge is -2.19. The van der Waals surface area contributed by atoms with E-state index in [1.165, 1.54) is 11.1 Å². The summed E-state index contributed by atoms with van der Waals surface area (Å²) in [7, 11) is 0. The first kappa shape index (κ1) is 12.8. The van der Waals surface area contributed by atoms with Gasteiger partial charge in [-0.15, -0.1) is 0 Å². The molecule has 0 radical (unpaired) electrons. The molecule has 1 aromatic carbocycles. The topological polar surface area (TPSA) is 12.9 Å². The van der Waals surface area contributed by atoms with Crippen molar-refractivity contribution >= 4 is 0 Å². The normalized spacial score (nSPS) is 11.6. The highest BCUT2D eigenvalue weighted by Gasteiger charge is 2.13. The van der Waals surface area contributed by atoms with Crippen LogP contribution in [-0.4, -0.2) is 4.98 Å². The molecule has 2 aromatic rings. The van der Waals surface area contributed by atoms with Gasteiger partial charge < -0.3 is 0 Å². The second kappa shape index (κ2) is 4.93. The molecule has 1 heterocycles. The van der Waals surface area contributed by atoms with Crippen LogP contribution in [0.1, 0.15) is 39.0 Å². The van der Waals surface area contributed by atoms with E-state index in [2.05, 4.69) is 75.1 Å². The monoisotopic (exact) mass is 239 g/mol. The van der Waals surface area contributed by atoms with Crippen LogP contribution in [0.4, 0.5) is 0 Å². The van der Waals surface area contributed by atoms with Crippen LogP contribution in [0.25, 0.3) is 11.3 Å². The van der Waals surface area contributed by atoms with Crippen LogP contribution in [0.3, 0.4) is 0 Å². The van der Waals surface area contributed by atoms with Crippen LogP contribution in [-0.2, 0) is 11.8 Å². The SMILES string of the molecule is CCc1cccc(-c2ccc(C(C)(C)C)cc2)n1. The van der Waals surface area contributed by atoms with Crippen molar-refractivity contribution in [3.63, 3.8) is 0 Å². The van der Waals surface area contributed by atoms with Crippen molar-refractivity contribution < 1.29 is 0 Å². The Hall–Kier alpha value is -1.63. The van der Waals surface area contributed by atoms with Gasteiger partial charge in [-0.3, -0.25) is 4.98 Å². The predicted molar refractivity (Wildman–Crippen MR) is 77.8 cm³/mol. The van der Waals surface area contributed by atoms with E-state index in [0.29, 0.717) is 0 Å². The van der Waals surface area contributed by atoms with Gasteiger partial charge >= 0.3 is 0 Å². The van der Waals surface area contributed by atoms with Crippen molar-refractivity contribution in [3.05, 3.63) is 53.7 Å². The summed E-state index contributed by atoms with van der Waals surface area (Å²) in [4.78, 5) is 4.65. The second-order valence-electron chi connectivity index (χ2n) is 5.70. The van der Waals surface area contributed by atoms with Crippen LogP contribution in [0, 0.1) is 0 Å². The van der Waals surface area contributed by atoms with Gasteiger partial charge in [-0.25, -0.2) is 0 Å². The smallest absolute Gasteiger partial charge is 0.0705 e. The van der Waals surface area contributed by atoms with Gasteiger partial charge in [-0.2, -0.15) is 0 Å². The molecule has 0 aliphatic carbocycles. The Labute approximate surface area is 110 Å². The van der Waals surface area contributed by atoms with E-state index in [-0.39, 0.29) is 5.41 Å². The maximum atomic E-state index is 4.65. The lowest BCUT2D eigenvalue weighted by atomic mass is 9.86. The summed E-state index contributed by atoms with van der Waals surface area (Å²) in [6.07, 6.45) is 0.980. The van der Waals surface area contributed by atoms with E-state index >= 15 is 0 Å². The lowest BCUT2D eigenvalue weighted by molar-refractivity contribution is 0.590. The fraction of sp³-hybridized carbons (Fsp3) is 0.353. The van der Waals surface area contributed by atoms with Crippen LogP contribution < -0.4 is 0 Å². The van der Waals surface area contributed by atoms with Crippen molar-refractivity contribution in [2.75, 3.05) is 0 Å². The molecule has 0 spiro atoms. The summed E-state index contributed by atoms with van der Waals surface area (Å²) in [5.41, 5.74) is 4.97. The Bertz CT molecular complexity index is 518. The molecule has 0 aliphatic heterocycles. The summed E-state index contributed by atoms with van der Waals surface area (Å²) < 4.78 is 0. The zero-order chi connectivity index (χ0) is 13.2. The molecule has 0 amide bonds. The first-order valence-corrected chi connectivity index (χ1v) is 6.57. The molecule has 0 saturated heterocycles. The number of pyridine rings is 1. The van der Waals surface area contributed by atoms with Crippen molar-refractivity contribution in [1.82, 2.24) is 4.98 Å². The third-order valence-corrected chi connectivity index (χ3v) is 3.22. The number of benzene rings is 1. The standard InChI is InChI=1S/C17H21N/c1-5-15-7-6-8-16(18-15)13-9-11-14(12-10-13)17(2,3)4/h6-12H,5H2,1-4H3. The first-order valence-electron chi connectivity index (χ1n) is 6.57. The van der Waals surface area contributed by atoms with E-state index in [1.54, 1.807) is 0 Å². The fourth-order valence-corrected chi connectivity index (χ4v) is 1.98. The minimum absolute atomic E-state index is 0.206. The van der Waals surface area contributed by atoms with Crippen molar-refractivity contribution in [2.45, 2.75) is 39.5 Å². The lowest BCUT2D eigenvalue weighted by Crippen LogP contribution is -2.10. The van der Waals surface area contributed by atoms with Gasteiger partial charge in [0, 0.05) is 11.3 Å². The van der Waals surface area contributed by atoms with E-state index < -0.39 is 0 Å². The average molecular weight is 239 g/mol. The molecular weight excluding hydrogens is 218 g/mol. The van der Waals surface area contributed by atoms with Gasteiger partial charge in [0.05, 0.1) is 5.69 Å². The highest BCUT2D eigenvalue weighted by atomic mass is 14.7. The quantitative estimate of drug-likeness (QED) is 0.746. The minimum atomic E-state index is 0.206. The Morgan fingerprint density at radius 1 is 0.944 bits per heavy atom. The molecule has 0 aliphatic rings. The van der Waals surface area contributed by atoms with Crippen molar-refractivity contribution in [2.24, 2.45) is 0 Å². The zero-order valence-corrected chi connectivity index (χ0v) is 11.7. The van der Waals surface area contributed by atoms with Crippen LogP contribution >= 0.6 is 0 Å². The number of aryl methyl sites for hydroxylation is 1. The van der Waals surface area contributed by atoms with E-state index in [4.69, 9.17) is 0 Å². The number of hydrogen-bond donors (Lipinski definition) is 0. The molecule has 94 valence electrons. The number of nitrogens with zero attached hydrogens (tertiary/aromatic N) is 1. The molecule has 0 bridgehead atoms. The number of hydrogen-bond acceptors (Lipinski definition) is 1.